The molecule has 0 spiro atoms. The molecule has 0 bridgehead atoms. The van der Waals surface area contributed by atoms with E-state index in [0.717, 1.165) is 0 Å². The second-order valence-corrected chi connectivity index (χ2v) is 5.04. The SMILES string of the molecule is COc1cccc(C(=O)Nc2ccc(C#N)cc2Br)c1N. The number of nitrogens with two attached hydrogens (primary N) is 1. The molecular weight excluding hydrogens is 334 g/mol. The zero-order chi connectivity index (χ0) is 15.4. The Kier molecular flexibility index (Phi) is 4.45. The van der Waals surface area contributed by atoms with Crippen LogP contribution in [0.1, 0.15) is 15.9 Å². The summed E-state index contributed by atoms with van der Waals surface area (Å²) in [6.45, 7) is 0. The Bertz CT molecular complexity index is 738. The third-order valence-electron chi connectivity index (χ3n) is 2.88. The number of hydrogen-bond acceptors (Lipinski definition) is 4. The van der Waals surface area contributed by atoms with Crippen molar-refractivity contribution in [3.63, 3.8) is 0 Å². The molecule has 0 aliphatic rings. The minimum absolute atomic E-state index is 0.280. The van der Waals surface area contributed by atoms with Gasteiger partial charge < -0.3 is 15.8 Å². The van der Waals surface area contributed by atoms with Crippen LogP contribution in [-0.2, 0) is 0 Å². The van der Waals surface area contributed by atoms with Crippen molar-refractivity contribution in [1.29, 1.82) is 5.26 Å². The predicted molar refractivity (Wildman–Crippen MR) is 84.2 cm³/mol. The molecule has 0 fully saturated rings. The number of nitrogens with one attached hydrogen (secondary N) is 1. The van der Waals surface area contributed by atoms with Gasteiger partial charge in [-0.15, -0.1) is 0 Å². The van der Waals surface area contributed by atoms with Gasteiger partial charge in [-0.3, -0.25) is 4.79 Å². The molecule has 21 heavy (non-hydrogen) atoms. The van der Waals surface area contributed by atoms with Crippen LogP contribution in [0, 0.1) is 11.3 Å². The van der Waals surface area contributed by atoms with Crippen LogP contribution in [0.25, 0.3) is 0 Å². The lowest BCUT2D eigenvalue weighted by molar-refractivity contribution is 0.102. The first-order valence-corrected chi connectivity index (χ1v) is 6.79. The first-order valence-electron chi connectivity index (χ1n) is 6.00. The van der Waals surface area contributed by atoms with E-state index in [4.69, 9.17) is 15.7 Å². The Labute approximate surface area is 130 Å². The van der Waals surface area contributed by atoms with Crippen molar-refractivity contribution in [3.05, 3.63) is 52.0 Å². The first-order chi connectivity index (χ1) is 10.1. The summed E-state index contributed by atoms with van der Waals surface area (Å²) in [6, 6.07) is 11.9. The highest BCUT2D eigenvalue weighted by atomic mass is 79.9. The summed E-state index contributed by atoms with van der Waals surface area (Å²) >= 11 is 3.31. The fourth-order valence-corrected chi connectivity index (χ4v) is 2.27. The Morgan fingerprint density at radius 2 is 2.14 bits per heavy atom. The van der Waals surface area contributed by atoms with E-state index in [1.807, 2.05) is 6.07 Å². The number of hydrogen-bond donors (Lipinski definition) is 2. The standard InChI is InChI=1S/C15H12BrN3O2/c1-21-13-4-2-3-10(14(13)18)15(20)19-12-6-5-9(8-17)7-11(12)16/h2-7H,18H2,1H3,(H,19,20). The van der Waals surface area contributed by atoms with E-state index in [9.17, 15) is 4.79 Å². The van der Waals surface area contributed by atoms with Gasteiger partial charge in [0.1, 0.15) is 5.75 Å². The Morgan fingerprint density at radius 3 is 2.76 bits per heavy atom. The molecular formula is C15H12BrN3O2. The zero-order valence-electron chi connectivity index (χ0n) is 11.2. The quantitative estimate of drug-likeness (QED) is 0.836. The molecule has 0 atom stereocenters. The molecule has 2 rings (SSSR count). The van der Waals surface area contributed by atoms with Crippen molar-refractivity contribution in [1.82, 2.24) is 0 Å². The van der Waals surface area contributed by atoms with Gasteiger partial charge >= 0.3 is 0 Å². The van der Waals surface area contributed by atoms with E-state index in [1.54, 1.807) is 36.4 Å². The topological polar surface area (TPSA) is 88.1 Å². The number of benzene rings is 2. The molecule has 2 aromatic rings. The number of nitrogens with zero attached hydrogens (tertiary/aromatic N) is 1. The lowest BCUT2D eigenvalue weighted by Crippen LogP contribution is -2.14. The number of halogens is 1. The fourth-order valence-electron chi connectivity index (χ4n) is 1.80. The molecule has 0 saturated carbocycles. The molecule has 5 nitrogen and oxygen atoms in total. The van der Waals surface area contributed by atoms with Crippen LogP contribution < -0.4 is 15.8 Å². The maximum absolute atomic E-state index is 12.3. The van der Waals surface area contributed by atoms with E-state index in [1.165, 1.54) is 7.11 Å². The highest BCUT2D eigenvalue weighted by molar-refractivity contribution is 9.10. The van der Waals surface area contributed by atoms with Crippen molar-refractivity contribution >= 4 is 33.2 Å². The average molecular weight is 346 g/mol. The molecule has 3 N–H and O–H groups in total. The van der Waals surface area contributed by atoms with Gasteiger partial charge in [0.25, 0.3) is 5.91 Å². The summed E-state index contributed by atoms with van der Waals surface area (Å²) in [4.78, 5) is 12.3. The molecule has 106 valence electrons. The van der Waals surface area contributed by atoms with E-state index < -0.39 is 0 Å². The summed E-state index contributed by atoms with van der Waals surface area (Å²) in [5, 5.41) is 11.6. The number of amides is 1. The molecule has 6 heteroatoms. The summed E-state index contributed by atoms with van der Waals surface area (Å²) in [5.74, 6) is 0.0957. The van der Waals surface area contributed by atoms with Crippen LogP contribution in [0.2, 0.25) is 0 Å². The molecule has 0 aliphatic carbocycles. The minimum Gasteiger partial charge on any atom is -0.495 e. The Balaban J connectivity index is 2.29. The number of carbonyl (C=O) groups excluding carboxylic acids is 1. The normalized spacial score (nSPS) is 9.76. The maximum Gasteiger partial charge on any atom is 0.257 e. The number of nitriles is 1. The van der Waals surface area contributed by atoms with E-state index in [-0.39, 0.29) is 11.6 Å². The fraction of sp³-hybridized carbons (Fsp3) is 0.0667. The Morgan fingerprint density at radius 1 is 1.38 bits per heavy atom. The molecule has 0 radical (unpaired) electrons. The molecule has 0 saturated heterocycles. The number of para-hydroxylation sites is 1. The lowest BCUT2D eigenvalue weighted by Gasteiger charge is -2.11. The Hall–Kier alpha value is -2.52. The molecule has 2 aromatic carbocycles. The largest absolute Gasteiger partial charge is 0.495 e. The average Bonchev–Trinajstić information content (AvgIpc) is 2.49. The van der Waals surface area contributed by atoms with Gasteiger partial charge in [-0.2, -0.15) is 5.26 Å². The van der Waals surface area contributed by atoms with E-state index >= 15 is 0 Å². The van der Waals surface area contributed by atoms with Crippen molar-refractivity contribution < 1.29 is 9.53 Å². The van der Waals surface area contributed by atoms with Crippen molar-refractivity contribution in [2.45, 2.75) is 0 Å². The van der Waals surface area contributed by atoms with E-state index in [2.05, 4.69) is 21.2 Å². The number of anilines is 2. The van der Waals surface area contributed by atoms with Gasteiger partial charge in [0.05, 0.1) is 35.7 Å². The maximum atomic E-state index is 12.3. The van der Waals surface area contributed by atoms with Gasteiger partial charge in [-0.05, 0) is 46.3 Å². The van der Waals surface area contributed by atoms with Crippen molar-refractivity contribution in [2.24, 2.45) is 0 Å². The van der Waals surface area contributed by atoms with Gasteiger partial charge in [-0.25, -0.2) is 0 Å². The van der Waals surface area contributed by atoms with Crippen LogP contribution >= 0.6 is 15.9 Å². The highest BCUT2D eigenvalue weighted by Gasteiger charge is 2.14. The number of ether oxygens (including phenoxy) is 1. The van der Waals surface area contributed by atoms with Gasteiger partial charge in [0.15, 0.2) is 0 Å². The number of nitrogen functional groups attached to an aromatic ring is 1. The summed E-state index contributed by atoms with van der Waals surface area (Å²) in [6.07, 6.45) is 0. The second kappa shape index (κ2) is 6.29. The lowest BCUT2D eigenvalue weighted by atomic mass is 10.1. The van der Waals surface area contributed by atoms with E-state index in [0.29, 0.717) is 27.0 Å². The summed E-state index contributed by atoms with van der Waals surface area (Å²) in [7, 11) is 1.49. The van der Waals surface area contributed by atoms with Crippen molar-refractivity contribution in [2.75, 3.05) is 18.2 Å². The van der Waals surface area contributed by atoms with Crippen LogP contribution in [0.4, 0.5) is 11.4 Å². The summed E-state index contributed by atoms with van der Waals surface area (Å²) in [5.41, 5.74) is 7.55. The molecule has 0 aliphatic heterocycles. The number of carbonyl (C=O) groups is 1. The third kappa shape index (κ3) is 3.15. The van der Waals surface area contributed by atoms with Gasteiger partial charge in [0.2, 0.25) is 0 Å². The first kappa shape index (κ1) is 14.9. The number of rotatable bonds is 3. The zero-order valence-corrected chi connectivity index (χ0v) is 12.8. The van der Waals surface area contributed by atoms with Crippen LogP contribution in [0.5, 0.6) is 5.75 Å². The monoisotopic (exact) mass is 345 g/mol. The highest BCUT2D eigenvalue weighted by Crippen LogP contribution is 2.27. The van der Waals surface area contributed by atoms with Gasteiger partial charge in [0, 0.05) is 4.47 Å². The van der Waals surface area contributed by atoms with Crippen LogP contribution in [-0.4, -0.2) is 13.0 Å². The predicted octanol–water partition coefficient (Wildman–Crippen LogP) is 3.16. The van der Waals surface area contributed by atoms with Gasteiger partial charge in [-0.1, -0.05) is 6.07 Å². The van der Waals surface area contributed by atoms with Crippen molar-refractivity contribution in [3.8, 4) is 11.8 Å². The second-order valence-electron chi connectivity index (χ2n) is 4.18. The molecule has 0 heterocycles. The minimum atomic E-state index is -0.350. The molecule has 0 unspecified atom stereocenters. The summed E-state index contributed by atoms with van der Waals surface area (Å²) < 4.78 is 5.71. The third-order valence-corrected chi connectivity index (χ3v) is 3.53. The number of methoxy groups -OCH3 is 1. The molecule has 0 aromatic heterocycles. The molecule has 1 amide bonds. The van der Waals surface area contributed by atoms with Crippen LogP contribution in [0.15, 0.2) is 40.9 Å². The van der Waals surface area contributed by atoms with Crippen LogP contribution in [0.3, 0.4) is 0 Å². The smallest absolute Gasteiger partial charge is 0.257 e.